The molecule has 0 saturated heterocycles. The SMILES string of the molecule is CC(N)C1C=CC=C(F)C1. The molecule has 56 valence electrons. The summed E-state index contributed by atoms with van der Waals surface area (Å²) in [5.74, 6) is 0.120. The van der Waals surface area contributed by atoms with Crippen LogP contribution in [-0.4, -0.2) is 6.04 Å². The molecule has 0 aromatic carbocycles. The number of rotatable bonds is 1. The Balaban J connectivity index is 2.55. The third-order valence-corrected chi connectivity index (χ3v) is 1.74. The Kier molecular flexibility index (Phi) is 2.22. The van der Waals surface area contributed by atoms with Crippen molar-refractivity contribution in [2.45, 2.75) is 19.4 Å². The van der Waals surface area contributed by atoms with Crippen LogP contribution in [0.5, 0.6) is 0 Å². The van der Waals surface area contributed by atoms with E-state index in [9.17, 15) is 4.39 Å². The summed E-state index contributed by atoms with van der Waals surface area (Å²) < 4.78 is 12.5. The van der Waals surface area contributed by atoms with E-state index in [-0.39, 0.29) is 17.8 Å². The molecule has 0 aliphatic heterocycles. The molecule has 2 unspecified atom stereocenters. The molecule has 1 rings (SSSR count). The first kappa shape index (κ1) is 7.48. The van der Waals surface area contributed by atoms with Crippen LogP contribution in [0.25, 0.3) is 0 Å². The third-order valence-electron chi connectivity index (χ3n) is 1.74. The van der Waals surface area contributed by atoms with Crippen molar-refractivity contribution < 1.29 is 4.39 Å². The largest absolute Gasteiger partial charge is 0.327 e. The predicted octanol–water partition coefficient (Wildman–Crippen LogP) is 1.76. The summed E-state index contributed by atoms with van der Waals surface area (Å²) in [6.45, 7) is 1.90. The normalized spacial score (nSPS) is 27.9. The highest BCUT2D eigenvalue weighted by Gasteiger charge is 2.14. The minimum Gasteiger partial charge on any atom is -0.327 e. The number of hydrogen-bond donors (Lipinski definition) is 1. The highest BCUT2D eigenvalue weighted by molar-refractivity contribution is 5.16. The van der Waals surface area contributed by atoms with Crippen LogP contribution in [0.1, 0.15) is 13.3 Å². The van der Waals surface area contributed by atoms with Gasteiger partial charge in [-0.1, -0.05) is 12.2 Å². The van der Waals surface area contributed by atoms with Crippen LogP contribution in [0.3, 0.4) is 0 Å². The van der Waals surface area contributed by atoms with Crippen LogP contribution in [0.4, 0.5) is 4.39 Å². The van der Waals surface area contributed by atoms with Gasteiger partial charge in [0, 0.05) is 12.5 Å². The monoisotopic (exact) mass is 141 g/mol. The lowest BCUT2D eigenvalue weighted by Gasteiger charge is -2.17. The van der Waals surface area contributed by atoms with Crippen molar-refractivity contribution in [2.24, 2.45) is 11.7 Å². The molecule has 2 heteroatoms. The molecular formula is C8H12FN. The average molecular weight is 141 g/mol. The van der Waals surface area contributed by atoms with Crippen LogP contribution in [0, 0.1) is 5.92 Å². The summed E-state index contributed by atoms with van der Waals surface area (Å²) in [4.78, 5) is 0. The lowest BCUT2D eigenvalue weighted by atomic mass is 9.94. The van der Waals surface area contributed by atoms with E-state index in [1.807, 2.05) is 13.0 Å². The van der Waals surface area contributed by atoms with Gasteiger partial charge in [0.2, 0.25) is 0 Å². The molecule has 2 N–H and O–H groups in total. The van der Waals surface area contributed by atoms with Crippen molar-refractivity contribution >= 4 is 0 Å². The molecule has 2 atom stereocenters. The molecule has 10 heavy (non-hydrogen) atoms. The van der Waals surface area contributed by atoms with E-state index in [1.165, 1.54) is 6.08 Å². The quantitative estimate of drug-likeness (QED) is 0.591. The van der Waals surface area contributed by atoms with Crippen molar-refractivity contribution in [3.8, 4) is 0 Å². The Morgan fingerprint density at radius 3 is 2.90 bits per heavy atom. The van der Waals surface area contributed by atoms with Gasteiger partial charge in [0.1, 0.15) is 5.83 Å². The number of hydrogen-bond acceptors (Lipinski definition) is 1. The second kappa shape index (κ2) is 2.97. The van der Waals surface area contributed by atoms with Crippen LogP contribution in [0.15, 0.2) is 24.1 Å². The van der Waals surface area contributed by atoms with Gasteiger partial charge in [-0.2, -0.15) is 0 Å². The molecule has 0 aromatic rings. The molecule has 0 saturated carbocycles. The number of nitrogens with two attached hydrogens (primary N) is 1. The molecule has 0 spiro atoms. The maximum atomic E-state index is 12.5. The Morgan fingerprint density at radius 1 is 1.80 bits per heavy atom. The smallest absolute Gasteiger partial charge is 0.101 e. The van der Waals surface area contributed by atoms with E-state index in [0.29, 0.717) is 6.42 Å². The summed E-state index contributed by atoms with van der Waals surface area (Å²) in [6.07, 6.45) is 5.63. The van der Waals surface area contributed by atoms with Gasteiger partial charge >= 0.3 is 0 Å². The fourth-order valence-electron chi connectivity index (χ4n) is 1.03. The minimum absolute atomic E-state index is 0.0516. The lowest BCUT2D eigenvalue weighted by molar-refractivity contribution is 0.463. The molecule has 1 aliphatic carbocycles. The topological polar surface area (TPSA) is 26.0 Å². The summed E-state index contributed by atoms with van der Waals surface area (Å²) in [5, 5.41) is 0. The van der Waals surface area contributed by atoms with Gasteiger partial charge in [0.05, 0.1) is 0 Å². The number of allylic oxidation sites excluding steroid dienone is 3. The first-order valence-electron chi connectivity index (χ1n) is 3.48. The Morgan fingerprint density at radius 2 is 2.50 bits per heavy atom. The lowest BCUT2D eigenvalue weighted by Crippen LogP contribution is -2.25. The second-order valence-electron chi connectivity index (χ2n) is 2.73. The standard InChI is InChI=1S/C8H12FN/c1-6(10)7-3-2-4-8(9)5-7/h2-4,6-7H,5,10H2,1H3. The molecule has 1 aliphatic rings. The maximum absolute atomic E-state index is 12.5. The molecule has 1 nitrogen and oxygen atoms in total. The summed E-state index contributed by atoms with van der Waals surface area (Å²) >= 11 is 0. The van der Waals surface area contributed by atoms with E-state index in [2.05, 4.69) is 0 Å². The van der Waals surface area contributed by atoms with Crippen molar-refractivity contribution in [1.82, 2.24) is 0 Å². The first-order valence-corrected chi connectivity index (χ1v) is 3.48. The zero-order valence-corrected chi connectivity index (χ0v) is 6.05. The van der Waals surface area contributed by atoms with E-state index in [1.54, 1.807) is 6.08 Å². The Bertz CT molecular complexity index is 170. The Hall–Kier alpha value is -0.630. The molecule has 0 heterocycles. The van der Waals surface area contributed by atoms with Crippen LogP contribution in [0.2, 0.25) is 0 Å². The second-order valence-corrected chi connectivity index (χ2v) is 2.73. The maximum Gasteiger partial charge on any atom is 0.101 e. The molecule has 0 fully saturated rings. The van der Waals surface area contributed by atoms with Crippen LogP contribution < -0.4 is 5.73 Å². The highest BCUT2D eigenvalue weighted by Crippen LogP contribution is 2.20. The van der Waals surface area contributed by atoms with Gasteiger partial charge in [-0.3, -0.25) is 0 Å². The van der Waals surface area contributed by atoms with Crippen LogP contribution in [-0.2, 0) is 0 Å². The summed E-state index contributed by atoms with van der Waals surface area (Å²) in [5.41, 5.74) is 5.58. The average Bonchev–Trinajstić information content (AvgIpc) is 1.88. The van der Waals surface area contributed by atoms with Gasteiger partial charge < -0.3 is 5.73 Å². The first-order chi connectivity index (χ1) is 4.70. The Labute approximate surface area is 60.4 Å². The zero-order chi connectivity index (χ0) is 7.56. The molecular weight excluding hydrogens is 129 g/mol. The molecule has 0 bridgehead atoms. The van der Waals surface area contributed by atoms with Crippen molar-refractivity contribution in [2.75, 3.05) is 0 Å². The van der Waals surface area contributed by atoms with Crippen molar-refractivity contribution in [3.05, 3.63) is 24.1 Å². The van der Waals surface area contributed by atoms with Gasteiger partial charge in [0.25, 0.3) is 0 Å². The third kappa shape index (κ3) is 1.67. The summed E-state index contributed by atoms with van der Waals surface area (Å²) in [7, 11) is 0. The van der Waals surface area contributed by atoms with E-state index in [0.717, 1.165) is 0 Å². The van der Waals surface area contributed by atoms with Gasteiger partial charge in [-0.25, -0.2) is 4.39 Å². The highest BCUT2D eigenvalue weighted by atomic mass is 19.1. The van der Waals surface area contributed by atoms with E-state index < -0.39 is 0 Å². The molecule has 0 radical (unpaired) electrons. The molecule has 0 aromatic heterocycles. The van der Waals surface area contributed by atoms with Crippen molar-refractivity contribution in [3.63, 3.8) is 0 Å². The fraction of sp³-hybridized carbons (Fsp3) is 0.500. The number of halogens is 1. The predicted molar refractivity (Wildman–Crippen MR) is 40.1 cm³/mol. The van der Waals surface area contributed by atoms with Crippen LogP contribution >= 0.6 is 0 Å². The van der Waals surface area contributed by atoms with E-state index >= 15 is 0 Å². The molecule has 0 amide bonds. The van der Waals surface area contributed by atoms with Gasteiger partial charge in [-0.15, -0.1) is 0 Å². The zero-order valence-electron chi connectivity index (χ0n) is 6.05. The van der Waals surface area contributed by atoms with Gasteiger partial charge in [0.15, 0.2) is 0 Å². The summed E-state index contributed by atoms with van der Waals surface area (Å²) in [6, 6.07) is 0.0516. The van der Waals surface area contributed by atoms with Gasteiger partial charge in [-0.05, 0) is 18.9 Å². The minimum atomic E-state index is -0.0650. The van der Waals surface area contributed by atoms with Crippen molar-refractivity contribution in [1.29, 1.82) is 0 Å². The fourth-order valence-corrected chi connectivity index (χ4v) is 1.03. The van der Waals surface area contributed by atoms with E-state index in [4.69, 9.17) is 5.73 Å².